The van der Waals surface area contributed by atoms with Gasteiger partial charge in [0, 0.05) is 24.0 Å². The number of rotatable bonds is 7. The molecule has 7 nitrogen and oxygen atoms in total. The number of pyridine rings is 1. The molecule has 4 rings (SSSR count). The van der Waals surface area contributed by atoms with E-state index in [0.717, 1.165) is 21.8 Å². The lowest BCUT2D eigenvalue weighted by molar-refractivity contribution is -0.148. The molecule has 1 atom stereocenters. The Kier molecular flexibility index (Phi) is 6.97. The molecule has 3 aromatic heterocycles. The zero-order chi connectivity index (χ0) is 23.2. The summed E-state index contributed by atoms with van der Waals surface area (Å²) in [5.41, 5.74) is 2.74. The SMILES string of the molecule is CC(OC(=O)/C=C/c1cn(-c2ccccc2)nc1-c1cccs1)C(=O)Nc1cccnc1Cl. The molecular weight excluding hydrogens is 460 g/mol. The molecule has 0 spiro atoms. The summed E-state index contributed by atoms with van der Waals surface area (Å²) in [6, 6.07) is 16.8. The topological polar surface area (TPSA) is 86.1 Å². The summed E-state index contributed by atoms with van der Waals surface area (Å²) in [5, 5.41) is 9.40. The Balaban J connectivity index is 1.47. The van der Waals surface area contributed by atoms with Crippen molar-refractivity contribution in [1.29, 1.82) is 0 Å². The molecular formula is C24H19ClN4O3S. The number of hydrogen-bond donors (Lipinski definition) is 1. The maximum Gasteiger partial charge on any atom is 0.331 e. The van der Waals surface area contributed by atoms with Crippen molar-refractivity contribution in [2.24, 2.45) is 0 Å². The third kappa shape index (κ3) is 5.54. The highest BCUT2D eigenvalue weighted by atomic mass is 35.5. The molecule has 0 radical (unpaired) electrons. The number of amides is 1. The molecule has 0 fully saturated rings. The van der Waals surface area contributed by atoms with Gasteiger partial charge in [-0.15, -0.1) is 11.3 Å². The molecule has 1 unspecified atom stereocenters. The van der Waals surface area contributed by atoms with Gasteiger partial charge < -0.3 is 10.1 Å². The molecule has 33 heavy (non-hydrogen) atoms. The number of anilines is 1. The molecule has 9 heteroatoms. The minimum Gasteiger partial charge on any atom is -0.449 e. The Morgan fingerprint density at radius 3 is 2.70 bits per heavy atom. The van der Waals surface area contributed by atoms with Gasteiger partial charge in [-0.2, -0.15) is 5.10 Å². The fourth-order valence-corrected chi connectivity index (χ4v) is 3.86. The number of esters is 1. The Morgan fingerprint density at radius 2 is 1.97 bits per heavy atom. The van der Waals surface area contributed by atoms with E-state index in [4.69, 9.17) is 16.3 Å². The number of nitrogens with zero attached hydrogens (tertiary/aromatic N) is 3. The number of ether oxygens (including phenoxy) is 1. The fourth-order valence-electron chi connectivity index (χ4n) is 2.97. The first-order valence-corrected chi connectivity index (χ1v) is 11.3. The molecule has 1 amide bonds. The van der Waals surface area contributed by atoms with Gasteiger partial charge in [0.1, 0.15) is 5.69 Å². The molecule has 3 heterocycles. The normalized spacial score (nSPS) is 11.9. The second-order valence-electron chi connectivity index (χ2n) is 6.93. The number of carbonyl (C=O) groups excluding carboxylic acids is 2. The van der Waals surface area contributed by atoms with E-state index < -0.39 is 18.0 Å². The molecule has 166 valence electrons. The second kappa shape index (κ2) is 10.2. The zero-order valence-corrected chi connectivity index (χ0v) is 19.1. The van der Waals surface area contributed by atoms with Crippen LogP contribution in [0.5, 0.6) is 0 Å². The summed E-state index contributed by atoms with van der Waals surface area (Å²) in [4.78, 5) is 29.6. The second-order valence-corrected chi connectivity index (χ2v) is 8.24. The Labute approximate surface area is 199 Å². The van der Waals surface area contributed by atoms with Crippen LogP contribution < -0.4 is 5.32 Å². The average molecular weight is 479 g/mol. The average Bonchev–Trinajstić information content (AvgIpc) is 3.50. The molecule has 1 aromatic carbocycles. The largest absolute Gasteiger partial charge is 0.449 e. The summed E-state index contributed by atoms with van der Waals surface area (Å²) in [7, 11) is 0. The predicted octanol–water partition coefficient (Wildman–Crippen LogP) is 5.23. The van der Waals surface area contributed by atoms with Gasteiger partial charge >= 0.3 is 5.97 Å². The van der Waals surface area contributed by atoms with E-state index in [0.29, 0.717) is 5.69 Å². The van der Waals surface area contributed by atoms with Crippen LogP contribution in [0, 0.1) is 0 Å². The molecule has 0 saturated heterocycles. The molecule has 1 N–H and O–H groups in total. The van der Waals surface area contributed by atoms with E-state index in [1.807, 2.05) is 54.0 Å². The van der Waals surface area contributed by atoms with Crippen LogP contribution in [0.15, 0.2) is 78.4 Å². The highest BCUT2D eigenvalue weighted by Gasteiger charge is 2.18. The van der Waals surface area contributed by atoms with Crippen LogP contribution in [0.25, 0.3) is 22.3 Å². The number of nitrogens with one attached hydrogen (secondary N) is 1. The number of thiophene rings is 1. The molecule has 4 aromatic rings. The third-order valence-electron chi connectivity index (χ3n) is 4.60. The number of benzene rings is 1. The van der Waals surface area contributed by atoms with Gasteiger partial charge in [-0.25, -0.2) is 14.5 Å². The lowest BCUT2D eigenvalue weighted by atomic mass is 10.2. The van der Waals surface area contributed by atoms with Crippen molar-refractivity contribution in [3.05, 3.63) is 89.2 Å². The highest BCUT2D eigenvalue weighted by Crippen LogP contribution is 2.28. The van der Waals surface area contributed by atoms with E-state index in [2.05, 4.69) is 15.4 Å². The summed E-state index contributed by atoms with van der Waals surface area (Å²) in [6.07, 6.45) is 5.24. The van der Waals surface area contributed by atoms with Crippen LogP contribution in [0.4, 0.5) is 5.69 Å². The van der Waals surface area contributed by atoms with Gasteiger partial charge in [-0.1, -0.05) is 35.9 Å². The Morgan fingerprint density at radius 1 is 1.15 bits per heavy atom. The van der Waals surface area contributed by atoms with Crippen molar-refractivity contribution in [1.82, 2.24) is 14.8 Å². The van der Waals surface area contributed by atoms with Crippen LogP contribution in [0.1, 0.15) is 12.5 Å². The van der Waals surface area contributed by atoms with Crippen molar-refractivity contribution in [3.63, 3.8) is 0 Å². The van der Waals surface area contributed by atoms with Crippen molar-refractivity contribution < 1.29 is 14.3 Å². The quantitative estimate of drug-likeness (QED) is 0.223. The maximum absolute atomic E-state index is 12.4. The number of halogens is 1. The van der Waals surface area contributed by atoms with E-state index in [1.165, 1.54) is 19.2 Å². The van der Waals surface area contributed by atoms with E-state index in [9.17, 15) is 9.59 Å². The monoisotopic (exact) mass is 478 g/mol. The predicted molar refractivity (Wildman–Crippen MR) is 129 cm³/mol. The molecule has 0 aliphatic carbocycles. The van der Waals surface area contributed by atoms with Gasteiger partial charge in [-0.05, 0) is 48.7 Å². The molecule has 0 aliphatic rings. The van der Waals surface area contributed by atoms with Gasteiger partial charge in [0.15, 0.2) is 11.3 Å². The molecule has 0 aliphatic heterocycles. The van der Waals surface area contributed by atoms with Crippen LogP contribution >= 0.6 is 22.9 Å². The van der Waals surface area contributed by atoms with E-state index in [-0.39, 0.29) is 5.15 Å². The minimum atomic E-state index is -1.03. The van der Waals surface area contributed by atoms with Gasteiger partial charge in [0.25, 0.3) is 5.91 Å². The third-order valence-corrected chi connectivity index (χ3v) is 5.77. The Hall–Kier alpha value is -3.75. The van der Waals surface area contributed by atoms with E-state index in [1.54, 1.807) is 34.2 Å². The number of hydrogen-bond acceptors (Lipinski definition) is 6. The van der Waals surface area contributed by atoms with E-state index >= 15 is 0 Å². The lowest BCUT2D eigenvalue weighted by Crippen LogP contribution is -2.29. The maximum atomic E-state index is 12.4. The number of carbonyl (C=O) groups is 2. The zero-order valence-electron chi connectivity index (χ0n) is 17.5. The first kappa shape index (κ1) is 22.4. The van der Waals surface area contributed by atoms with Crippen LogP contribution in [-0.2, 0) is 14.3 Å². The summed E-state index contributed by atoms with van der Waals surface area (Å²) in [6.45, 7) is 1.48. The van der Waals surface area contributed by atoms with Gasteiger partial charge in [0.05, 0.1) is 16.3 Å². The van der Waals surface area contributed by atoms with Gasteiger partial charge in [0.2, 0.25) is 0 Å². The number of para-hydroxylation sites is 1. The van der Waals surface area contributed by atoms with Crippen LogP contribution in [-0.4, -0.2) is 32.7 Å². The smallest absolute Gasteiger partial charge is 0.331 e. The molecule has 0 bridgehead atoms. The first-order chi connectivity index (χ1) is 16.0. The van der Waals surface area contributed by atoms with Crippen molar-refractivity contribution in [3.8, 4) is 16.3 Å². The number of aromatic nitrogens is 3. The summed E-state index contributed by atoms with van der Waals surface area (Å²) in [5.74, 6) is -1.16. The Bertz CT molecular complexity index is 1290. The highest BCUT2D eigenvalue weighted by molar-refractivity contribution is 7.13. The first-order valence-electron chi connectivity index (χ1n) is 10.0. The molecule has 0 saturated carbocycles. The van der Waals surface area contributed by atoms with Gasteiger partial charge in [-0.3, -0.25) is 4.79 Å². The van der Waals surface area contributed by atoms with Crippen molar-refractivity contribution >= 4 is 46.6 Å². The fraction of sp³-hybridized carbons (Fsp3) is 0.0833. The summed E-state index contributed by atoms with van der Waals surface area (Å²) >= 11 is 7.50. The standard InChI is InChI=1S/C24H19ClN4O3S/c1-16(24(31)27-19-9-5-13-26-23(19)25)32-21(30)12-11-17-15-29(18-7-3-2-4-8-18)28-22(17)20-10-6-14-33-20/h2-16H,1H3,(H,27,31)/b12-11+. The van der Waals surface area contributed by atoms with Crippen molar-refractivity contribution in [2.45, 2.75) is 13.0 Å². The summed E-state index contributed by atoms with van der Waals surface area (Å²) < 4.78 is 7.00. The van der Waals surface area contributed by atoms with Crippen LogP contribution in [0.3, 0.4) is 0 Å². The minimum absolute atomic E-state index is 0.154. The van der Waals surface area contributed by atoms with Crippen molar-refractivity contribution in [2.75, 3.05) is 5.32 Å². The lowest BCUT2D eigenvalue weighted by Gasteiger charge is -2.12. The van der Waals surface area contributed by atoms with Crippen LogP contribution in [0.2, 0.25) is 5.15 Å².